The Labute approximate surface area is 190 Å². The second kappa shape index (κ2) is 9.93. The summed E-state index contributed by atoms with van der Waals surface area (Å²) in [4.78, 5) is 12.6. The van der Waals surface area contributed by atoms with Crippen molar-refractivity contribution in [1.82, 2.24) is 14.3 Å². The first-order valence-electron chi connectivity index (χ1n) is 9.21. The normalized spacial score (nSPS) is 10.6. The number of hydrogen-bond acceptors (Lipinski definition) is 4. The van der Waals surface area contributed by atoms with Gasteiger partial charge in [-0.05, 0) is 55.0 Å². The van der Waals surface area contributed by atoms with Crippen LogP contribution in [0.2, 0.25) is 10.0 Å². The standard InChI is InChI=1S/C21H21Cl2N5OS/c1-3-10-27-19(12-24-16-7-4-6-15(22)11-16)26-28(21(27)30)13-20(29)25-18-9-5-8-17(23)14(18)2/h3-9,11,24H,1,10,12-13H2,2H3,(H,25,29). The van der Waals surface area contributed by atoms with Crippen molar-refractivity contribution in [3.8, 4) is 0 Å². The van der Waals surface area contributed by atoms with Crippen molar-refractivity contribution in [2.24, 2.45) is 0 Å². The minimum absolute atomic E-state index is 0.0148. The van der Waals surface area contributed by atoms with Crippen LogP contribution in [-0.2, 0) is 24.4 Å². The van der Waals surface area contributed by atoms with E-state index in [2.05, 4.69) is 22.3 Å². The van der Waals surface area contributed by atoms with E-state index in [1.807, 2.05) is 29.7 Å². The zero-order chi connectivity index (χ0) is 21.7. The molecular formula is C21H21Cl2N5OS. The van der Waals surface area contributed by atoms with Gasteiger partial charge in [-0.25, -0.2) is 4.68 Å². The van der Waals surface area contributed by atoms with Crippen LogP contribution >= 0.6 is 35.4 Å². The molecule has 0 radical (unpaired) electrons. The predicted octanol–water partition coefficient (Wildman–Crippen LogP) is 5.47. The van der Waals surface area contributed by atoms with Crippen molar-refractivity contribution >= 4 is 52.7 Å². The van der Waals surface area contributed by atoms with E-state index in [0.717, 1.165) is 11.3 Å². The van der Waals surface area contributed by atoms with Gasteiger partial charge >= 0.3 is 0 Å². The number of benzene rings is 2. The fraction of sp³-hybridized carbons (Fsp3) is 0.190. The first-order chi connectivity index (χ1) is 14.4. The summed E-state index contributed by atoms with van der Waals surface area (Å²) in [6.45, 7) is 6.52. The number of rotatable bonds is 8. The molecule has 2 aromatic carbocycles. The second-order valence-electron chi connectivity index (χ2n) is 6.58. The van der Waals surface area contributed by atoms with Crippen LogP contribution in [0.4, 0.5) is 11.4 Å². The number of halogens is 2. The molecule has 2 N–H and O–H groups in total. The summed E-state index contributed by atoms with van der Waals surface area (Å²) in [5.41, 5.74) is 2.33. The van der Waals surface area contributed by atoms with E-state index in [9.17, 15) is 4.79 Å². The quantitative estimate of drug-likeness (QED) is 0.345. The first-order valence-corrected chi connectivity index (χ1v) is 10.4. The van der Waals surface area contributed by atoms with E-state index in [1.54, 1.807) is 30.3 Å². The van der Waals surface area contributed by atoms with Crippen molar-refractivity contribution < 1.29 is 4.79 Å². The molecule has 3 rings (SSSR count). The molecule has 1 aromatic heterocycles. The molecule has 1 amide bonds. The molecular weight excluding hydrogens is 441 g/mol. The Morgan fingerprint density at radius 3 is 2.77 bits per heavy atom. The Kier molecular flexibility index (Phi) is 7.31. The Bertz CT molecular complexity index is 1140. The van der Waals surface area contributed by atoms with Crippen LogP contribution in [0.3, 0.4) is 0 Å². The molecule has 0 spiro atoms. The highest BCUT2D eigenvalue weighted by molar-refractivity contribution is 7.71. The number of amides is 1. The number of anilines is 2. The molecule has 1 heterocycles. The molecule has 0 saturated carbocycles. The molecule has 0 aliphatic heterocycles. The van der Waals surface area contributed by atoms with Crippen LogP contribution in [0, 0.1) is 11.7 Å². The van der Waals surface area contributed by atoms with Crippen LogP contribution in [0.1, 0.15) is 11.4 Å². The van der Waals surface area contributed by atoms with Crippen LogP contribution in [-0.4, -0.2) is 20.3 Å². The lowest BCUT2D eigenvalue weighted by Crippen LogP contribution is -2.20. The maximum absolute atomic E-state index is 12.6. The molecule has 3 aromatic rings. The average Bonchev–Trinajstić information content (AvgIpc) is 2.99. The number of aromatic nitrogens is 3. The summed E-state index contributed by atoms with van der Waals surface area (Å²) in [7, 11) is 0. The number of nitrogens with zero attached hydrogens (tertiary/aromatic N) is 3. The van der Waals surface area contributed by atoms with Crippen molar-refractivity contribution in [2.75, 3.05) is 10.6 Å². The lowest BCUT2D eigenvalue weighted by atomic mass is 10.2. The number of nitrogens with one attached hydrogen (secondary N) is 2. The number of hydrogen-bond donors (Lipinski definition) is 2. The zero-order valence-corrected chi connectivity index (χ0v) is 18.7. The van der Waals surface area contributed by atoms with E-state index in [1.165, 1.54) is 4.68 Å². The minimum atomic E-state index is -0.242. The maximum atomic E-state index is 12.6. The van der Waals surface area contributed by atoms with Gasteiger partial charge in [0, 0.05) is 28.0 Å². The van der Waals surface area contributed by atoms with E-state index in [4.69, 9.17) is 35.4 Å². The van der Waals surface area contributed by atoms with E-state index in [-0.39, 0.29) is 12.5 Å². The van der Waals surface area contributed by atoms with Crippen LogP contribution in [0.5, 0.6) is 0 Å². The average molecular weight is 462 g/mol. The monoisotopic (exact) mass is 461 g/mol. The fourth-order valence-corrected chi connectivity index (χ4v) is 3.53. The molecule has 6 nitrogen and oxygen atoms in total. The van der Waals surface area contributed by atoms with Crippen LogP contribution in [0.15, 0.2) is 55.1 Å². The van der Waals surface area contributed by atoms with Gasteiger partial charge in [0.1, 0.15) is 6.54 Å². The third kappa shape index (κ3) is 5.30. The lowest BCUT2D eigenvalue weighted by molar-refractivity contribution is -0.116. The Morgan fingerprint density at radius 2 is 2.03 bits per heavy atom. The van der Waals surface area contributed by atoms with Crippen molar-refractivity contribution in [3.63, 3.8) is 0 Å². The van der Waals surface area contributed by atoms with Crippen molar-refractivity contribution in [2.45, 2.75) is 26.6 Å². The van der Waals surface area contributed by atoms with Gasteiger partial charge < -0.3 is 10.6 Å². The second-order valence-corrected chi connectivity index (χ2v) is 7.79. The number of carbonyl (C=O) groups excluding carboxylic acids is 1. The molecule has 0 aliphatic rings. The van der Waals surface area contributed by atoms with Gasteiger partial charge in [0.05, 0.1) is 6.54 Å². The van der Waals surface area contributed by atoms with Gasteiger partial charge in [-0.15, -0.1) is 6.58 Å². The largest absolute Gasteiger partial charge is 0.378 e. The smallest absolute Gasteiger partial charge is 0.246 e. The molecule has 0 atom stereocenters. The predicted molar refractivity (Wildman–Crippen MR) is 125 cm³/mol. The zero-order valence-electron chi connectivity index (χ0n) is 16.4. The fourth-order valence-electron chi connectivity index (χ4n) is 2.88. The van der Waals surface area contributed by atoms with Gasteiger partial charge in [0.25, 0.3) is 0 Å². The first kappa shape index (κ1) is 22.1. The van der Waals surface area contributed by atoms with Gasteiger partial charge in [-0.1, -0.05) is 41.4 Å². The number of allylic oxidation sites excluding steroid dienone is 1. The van der Waals surface area contributed by atoms with Gasteiger partial charge in [-0.3, -0.25) is 9.36 Å². The molecule has 0 bridgehead atoms. The van der Waals surface area contributed by atoms with Crippen molar-refractivity contribution in [3.05, 3.63) is 81.3 Å². The van der Waals surface area contributed by atoms with Crippen LogP contribution < -0.4 is 10.6 Å². The molecule has 9 heteroatoms. The summed E-state index contributed by atoms with van der Waals surface area (Å²) in [6, 6.07) is 12.8. The van der Waals surface area contributed by atoms with E-state index < -0.39 is 0 Å². The minimum Gasteiger partial charge on any atom is -0.378 e. The number of carbonyl (C=O) groups is 1. The molecule has 0 saturated heterocycles. The third-order valence-corrected chi connectivity index (χ3v) is 5.50. The summed E-state index contributed by atoms with van der Waals surface area (Å²) in [5, 5.41) is 11.9. The highest BCUT2D eigenvalue weighted by Gasteiger charge is 2.14. The molecule has 0 aliphatic carbocycles. The SMILES string of the molecule is C=CCn1c(CNc2cccc(Cl)c2)nn(CC(=O)Nc2cccc(Cl)c2C)c1=S. The maximum Gasteiger partial charge on any atom is 0.246 e. The van der Waals surface area contributed by atoms with Gasteiger partial charge in [0.15, 0.2) is 10.6 Å². The Balaban J connectivity index is 1.77. The van der Waals surface area contributed by atoms with E-state index in [0.29, 0.717) is 39.4 Å². The van der Waals surface area contributed by atoms with Crippen molar-refractivity contribution in [1.29, 1.82) is 0 Å². The molecule has 0 unspecified atom stereocenters. The lowest BCUT2D eigenvalue weighted by Gasteiger charge is -2.09. The molecule has 0 fully saturated rings. The Morgan fingerprint density at radius 1 is 1.27 bits per heavy atom. The molecule has 156 valence electrons. The summed E-state index contributed by atoms with van der Waals surface area (Å²) in [5.74, 6) is 0.445. The van der Waals surface area contributed by atoms with E-state index >= 15 is 0 Å². The summed E-state index contributed by atoms with van der Waals surface area (Å²) in [6.07, 6.45) is 1.74. The molecule has 30 heavy (non-hydrogen) atoms. The highest BCUT2D eigenvalue weighted by atomic mass is 35.5. The van der Waals surface area contributed by atoms with Gasteiger partial charge in [-0.2, -0.15) is 5.10 Å². The highest BCUT2D eigenvalue weighted by Crippen LogP contribution is 2.23. The Hall–Kier alpha value is -2.61. The summed E-state index contributed by atoms with van der Waals surface area (Å²) < 4.78 is 3.77. The third-order valence-electron chi connectivity index (χ3n) is 4.42. The topological polar surface area (TPSA) is 63.9 Å². The van der Waals surface area contributed by atoms with Gasteiger partial charge in [0.2, 0.25) is 5.91 Å². The van der Waals surface area contributed by atoms with Crippen LogP contribution in [0.25, 0.3) is 0 Å². The summed E-state index contributed by atoms with van der Waals surface area (Å²) >= 11 is 17.7.